The third kappa shape index (κ3) is 3.26. The molecule has 4 heteroatoms. The Bertz CT molecular complexity index is 214. The van der Waals surface area contributed by atoms with Gasteiger partial charge in [0.05, 0.1) is 26.4 Å². The number of ketones is 1. The van der Waals surface area contributed by atoms with Crippen molar-refractivity contribution in [1.29, 1.82) is 0 Å². The molecule has 2 aliphatic rings. The van der Waals surface area contributed by atoms with E-state index in [1.54, 1.807) is 0 Å². The van der Waals surface area contributed by atoms with Gasteiger partial charge in [-0.3, -0.25) is 9.69 Å². The van der Waals surface area contributed by atoms with Gasteiger partial charge < -0.3 is 9.47 Å². The maximum absolute atomic E-state index is 11.5. The second-order valence-corrected chi connectivity index (χ2v) is 4.23. The van der Waals surface area contributed by atoms with Crippen LogP contribution in [-0.2, 0) is 14.3 Å². The number of hydrogen-bond acceptors (Lipinski definition) is 4. The Morgan fingerprint density at radius 3 is 2.73 bits per heavy atom. The van der Waals surface area contributed by atoms with Crippen LogP contribution in [0.25, 0.3) is 0 Å². The van der Waals surface area contributed by atoms with E-state index in [0.29, 0.717) is 25.4 Å². The van der Waals surface area contributed by atoms with Gasteiger partial charge >= 0.3 is 0 Å². The summed E-state index contributed by atoms with van der Waals surface area (Å²) >= 11 is 0. The van der Waals surface area contributed by atoms with Gasteiger partial charge in [0.25, 0.3) is 0 Å². The molecule has 2 fully saturated rings. The van der Waals surface area contributed by atoms with Crippen LogP contribution in [0.4, 0.5) is 0 Å². The smallest absolute Gasteiger partial charge is 0.140 e. The lowest BCUT2D eigenvalue weighted by atomic mass is 9.97. The molecular weight excluding hydrogens is 194 g/mol. The Morgan fingerprint density at radius 2 is 2.00 bits per heavy atom. The Kier molecular flexibility index (Phi) is 4.11. The fourth-order valence-electron chi connectivity index (χ4n) is 2.10. The molecule has 0 bridgehead atoms. The summed E-state index contributed by atoms with van der Waals surface area (Å²) in [6.45, 7) is 5.91. The second kappa shape index (κ2) is 5.58. The number of carbonyl (C=O) groups is 1. The Morgan fingerprint density at radius 1 is 1.20 bits per heavy atom. The molecule has 0 saturated carbocycles. The second-order valence-electron chi connectivity index (χ2n) is 4.23. The van der Waals surface area contributed by atoms with Crippen molar-refractivity contribution in [1.82, 2.24) is 4.90 Å². The van der Waals surface area contributed by atoms with Crippen molar-refractivity contribution in [2.24, 2.45) is 5.92 Å². The summed E-state index contributed by atoms with van der Waals surface area (Å²) in [5, 5.41) is 0. The van der Waals surface area contributed by atoms with Gasteiger partial charge in [-0.15, -0.1) is 0 Å². The molecule has 0 aromatic carbocycles. The molecular formula is C11H19NO3. The fraction of sp³-hybridized carbons (Fsp3) is 0.909. The maximum Gasteiger partial charge on any atom is 0.140 e. The predicted molar refractivity (Wildman–Crippen MR) is 55.8 cm³/mol. The average molecular weight is 213 g/mol. The van der Waals surface area contributed by atoms with E-state index in [4.69, 9.17) is 9.47 Å². The van der Waals surface area contributed by atoms with Gasteiger partial charge in [0.15, 0.2) is 0 Å². The third-order valence-corrected chi connectivity index (χ3v) is 3.16. The minimum Gasteiger partial charge on any atom is -0.380 e. The highest BCUT2D eigenvalue weighted by Crippen LogP contribution is 2.14. The number of carbonyl (C=O) groups excluding carboxylic acids is 1. The van der Waals surface area contributed by atoms with E-state index in [-0.39, 0.29) is 5.92 Å². The van der Waals surface area contributed by atoms with E-state index in [1.165, 1.54) is 0 Å². The lowest BCUT2D eigenvalue weighted by Crippen LogP contribution is -2.39. The molecule has 0 aliphatic carbocycles. The van der Waals surface area contributed by atoms with E-state index < -0.39 is 0 Å². The van der Waals surface area contributed by atoms with Crippen molar-refractivity contribution < 1.29 is 14.3 Å². The van der Waals surface area contributed by atoms with E-state index in [1.807, 2.05) is 0 Å². The maximum atomic E-state index is 11.5. The highest BCUT2D eigenvalue weighted by Gasteiger charge is 2.23. The van der Waals surface area contributed by atoms with Crippen LogP contribution in [0, 0.1) is 5.92 Å². The zero-order chi connectivity index (χ0) is 10.5. The number of nitrogens with zero attached hydrogens (tertiary/aromatic N) is 1. The van der Waals surface area contributed by atoms with E-state index in [0.717, 1.165) is 39.3 Å². The molecule has 0 aromatic heterocycles. The molecule has 0 aromatic rings. The molecule has 2 rings (SSSR count). The summed E-state index contributed by atoms with van der Waals surface area (Å²) in [6, 6.07) is 0. The Labute approximate surface area is 90.5 Å². The summed E-state index contributed by atoms with van der Waals surface area (Å²) in [4.78, 5) is 13.9. The quantitative estimate of drug-likeness (QED) is 0.676. The minimum atomic E-state index is 0.140. The summed E-state index contributed by atoms with van der Waals surface area (Å²) in [6.07, 6.45) is 1.55. The molecule has 1 unspecified atom stereocenters. The van der Waals surface area contributed by atoms with E-state index in [9.17, 15) is 4.79 Å². The van der Waals surface area contributed by atoms with Crippen LogP contribution in [0.5, 0.6) is 0 Å². The zero-order valence-electron chi connectivity index (χ0n) is 9.11. The minimum absolute atomic E-state index is 0.140. The lowest BCUT2D eigenvalue weighted by Gasteiger charge is -2.29. The van der Waals surface area contributed by atoms with Gasteiger partial charge in [-0.1, -0.05) is 0 Å². The van der Waals surface area contributed by atoms with Gasteiger partial charge in [-0.05, 0) is 13.0 Å². The SMILES string of the molecule is O=C1CCOCC1CCN1CCOCC1. The zero-order valence-corrected chi connectivity index (χ0v) is 9.11. The van der Waals surface area contributed by atoms with Crippen LogP contribution in [0.15, 0.2) is 0 Å². The molecule has 0 radical (unpaired) electrons. The number of morpholine rings is 1. The van der Waals surface area contributed by atoms with Crippen LogP contribution >= 0.6 is 0 Å². The lowest BCUT2D eigenvalue weighted by molar-refractivity contribution is -0.130. The molecule has 0 amide bonds. The molecule has 86 valence electrons. The van der Waals surface area contributed by atoms with Crippen molar-refractivity contribution in [3.63, 3.8) is 0 Å². The van der Waals surface area contributed by atoms with E-state index in [2.05, 4.69) is 4.90 Å². The van der Waals surface area contributed by atoms with Gasteiger partial charge in [-0.2, -0.15) is 0 Å². The summed E-state index contributed by atoms with van der Waals surface area (Å²) in [5.74, 6) is 0.524. The van der Waals surface area contributed by atoms with Crippen LogP contribution in [0.1, 0.15) is 12.8 Å². The molecule has 2 aliphatic heterocycles. The van der Waals surface area contributed by atoms with Gasteiger partial charge in [-0.25, -0.2) is 0 Å². The van der Waals surface area contributed by atoms with Crippen molar-refractivity contribution in [2.75, 3.05) is 46.1 Å². The topological polar surface area (TPSA) is 38.8 Å². The molecule has 2 heterocycles. The fourth-order valence-corrected chi connectivity index (χ4v) is 2.10. The summed E-state index contributed by atoms with van der Waals surface area (Å²) in [7, 11) is 0. The first kappa shape index (κ1) is 11.0. The average Bonchev–Trinajstić information content (AvgIpc) is 2.29. The Hall–Kier alpha value is -0.450. The van der Waals surface area contributed by atoms with Gasteiger partial charge in [0.1, 0.15) is 5.78 Å². The Balaban J connectivity index is 1.69. The van der Waals surface area contributed by atoms with Crippen LogP contribution in [0.2, 0.25) is 0 Å². The monoisotopic (exact) mass is 213 g/mol. The van der Waals surface area contributed by atoms with Crippen molar-refractivity contribution >= 4 is 5.78 Å². The van der Waals surface area contributed by atoms with Crippen LogP contribution in [0.3, 0.4) is 0 Å². The normalized spacial score (nSPS) is 29.3. The van der Waals surface area contributed by atoms with Crippen molar-refractivity contribution in [2.45, 2.75) is 12.8 Å². The summed E-state index contributed by atoms with van der Waals surface area (Å²) < 4.78 is 10.6. The standard InChI is InChI=1S/C11H19NO3/c13-11-2-6-15-9-10(11)1-3-12-4-7-14-8-5-12/h10H,1-9H2. The number of hydrogen-bond donors (Lipinski definition) is 0. The summed E-state index contributed by atoms with van der Waals surface area (Å²) in [5.41, 5.74) is 0. The molecule has 4 nitrogen and oxygen atoms in total. The van der Waals surface area contributed by atoms with Crippen molar-refractivity contribution in [3.05, 3.63) is 0 Å². The molecule has 2 saturated heterocycles. The number of rotatable bonds is 3. The first-order chi connectivity index (χ1) is 7.36. The highest BCUT2D eigenvalue weighted by molar-refractivity contribution is 5.81. The molecule has 0 N–H and O–H groups in total. The molecule has 15 heavy (non-hydrogen) atoms. The molecule has 1 atom stereocenters. The van der Waals surface area contributed by atoms with Crippen LogP contribution < -0.4 is 0 Å². The largest absolute Gasteiger partial charge is 0.380 e. The number of Topliss-reactive ketones (excluding diaryl/α,β-unsaturated/α-hetero) is 1. The van der Waals surface area contributed by atoms with Gasteiger partial charge in [0.2, 0.25) is 0 Å². The van der Waals surface area contributed by atoms with Crippen LogP contribution in [-0.4, -0.2) is 56.7 Å². The first-order valence-electron chi connectivity index (χ1n) is 5.77. The molecule has 0 spiro atoms. The van der Waals surface area contributed by atoms with E-state index >= 15 is 0 Å². The van der Waals surface area contributed by atoms with Gasteiger partial charge in [0, 0.05) is 25.4 Å². The third-order valence-electron chi connectivity index (χ3n) is 3.16. The van der Waals surface area contributed by atoms with Crippen molar-refractivity contribution in [3.8, 4) is 0 Å². The highest BCUT2D eigenvalue weighted by atomic mass is 16.5. The number of ether oxygens (including phenoxy) is 2. The predicted octanol–water partition coefficient (Wildman–Crippen LogP) is 0.314. The first-order valence-corrected chi connectivity index (χ1v) is 5.77.